The van der Waals surface area contributed by atoms with Crippen LogP contribution in [0.25, 0.3) is 0 Å². The maximum atomic E-state index is 11.4. The molecule has 1 fully saturated rings. The van der Waals surface area contributed by atoms with E-state index >= 15 is 0 Å². The van der Waals surface area contributed by atoms with Crippen LogP contribution in [0.15, 0.2) is 0 Å². The van der Waals surface area contributed by atoms with Crippen molar-refractivity contribution in [3.63, 3.8) is 0 Å². The Morgan fingerprint density at radius 2 is 2.25 bits per heavy atom. The van der Waals surface area contributed by atoms with Crippen LogP contribution < -0.4 is 11.1 Å². The molecule has 1 unspecified atom stereocenters. The Hall–Kier alpha value is -0.570. The quantitative estimate of drug-likeness (QED) is 0.650. The number of hydrogen-bond donors (Lipinski definition) is 2. The van der Waals surface area contributed by atoms with Gasteiger partial charge in [-0.2, -0.15) is 0 Å². The average molecular weight is 170 g/mol. The summed E-state index contributed by atoms with van der Waals surface area (Å²) in [5.74, 6) is 0.707. The molecule has 0 aromatic carbocycles. The van der Waals surface area contributed by atoms with E-state index in [-0.39, 0.29) is 5.91 Å². The summed E-state index contributed by atoms with van der Waals surface area (Å²) in [6, 6.07) is 0. The van der Waals surface area contributed by atoms with Crippen molar-refractivity contribution in [2.75, 3.05) is 6.54 Å². The molecule has 0 heterocycles. The zero-order valence-corrected chi connectivity index (χ0v) is 7.89. The van der Waals surface area contributed by atoms with Gasteiger partial charge in [-0.25, -0.2) is 0 Å². The lowest BCUT2D eigenvalue weighted by atomic mass is 9.99. The molecule has 70 valence electrons. The second-order valence-corrected chi connectivity index (χ2v) is 3.92. The largest absolute Gasteiger partial charge is 0.354 e. The van der Waals surface area contributed by atoms with E-state index in [0.29, 0.717) is 6.42 Å². The molecule has 0 aromatic rings. The second-order valence-electron chi connectivity index (χ2n) is 3.92. The van der Waals surface area contributed by atoms with E-state index in [0.717, 1.165) is 12.5 Å². The Morgan fingerprint density at radius 3 is 2.67 bits per heavy atom. The third-order valence-electron chi connectivity index (χ3n) is 2.50. The summed E-state index contributed by atoms with van der Waals surface area (Å²) in [4.78, 5) is 11.4. The van der Waals surface area contributed by atoms with Crippen LogP contribution in [0.4, 0.5) is 0 Å². The molecule has 1 atom stereocenters. The lowest BCUT2D eigenvalue weighted by Crippen LogP contribution is -2.51. The molecule has 1 rings (SSSR count). The van der Waals surface area contributed by atoms with Gasteiger partial charge in [0.2, 0.25) is 5.91 Å². The molecule has 12 heavy (non-hydrogen) atoms. The van der Waals surface area contributed by atoms with E-state index < -0.39 is 5.54 Å². The van der Waals surface area contributed by atoms with Gasteiger partial charge in [-0.1, -0.05) is 6.92 Å². The zero-order chi connectivity index (χ0) is 9.19. The fourth-order valence-corrected chi connectivity index (χ4v) is 0.921. The highest BCUT2D eigenvalue weighted by Gasteiger charge is 2.28. The molecular weight excluding hydrogens is 152 g/mol. The van der Waals surface area contributed by atoms with Crippen molar-refractivity contribution in [2.24, 2.45) is 11.7 Å². The number of hydrogen-bond acceptors (Lipinski definition) is 2. The smallest absolute Gasteiger partial charge is 0.239 e. The van der Waals surface area contributed by atoms with Crippen LogP contribution in [0, 0.1) is 5.92 Å². The molecule has 0 aromatic heterocycles. The lowest BCUT2D eigenvalue weighted by molar-refractivity contribution is -0.125. The molecule has 0 spiro atoms. The third-order valence-corrected chi connectivity index (χ3v) is 2.50. The number of carbonyl (C=O) groups is 1. The third kappa shape index (κ3) is 2.48. The Kier molecular flexibility index (Phi) is 2.73. The summed E-state index contributed by atoms with van der Waals surface area (Å²) >= 11 is 0. The van der Waals surface area contributed by atoms with Crippen LogP contribution in [0.3, 0.4) is 0 Å². The minimum atomic E-state index is -0.686. The topological polar surface area (TPSA) is 55.1 Å². The number of amides is 1. The van der Waals surface area contributed by atoms with E-state index in [9.17, 15) is 4.79 Å². The molecule has 1 saturated carbocycles. The van der Waals surface area contributed by atoms with E-state index in [2.05, 4.69) is 5.32 Å². The van der Waals surface area contributed by atoms with Gasteiger partial charge in [0.25, 0.3) is 0 Å². The van der Waals surface area contributed by atoms with Crippen LogP contribution in [-0.2, 0) is 4.79 Å². The molecule has 3 nitrogen and oxygen atoms in total. The maximum Gasteiger partial charge on any atom is 0.239 e. The first-order valence-electron chi connectivity index (χ1n) is 4.63. The maximum absolute atomic E-state index is 11.4. The SMILES string of the molecule is CCC(C)(N)C(=O)NCC1CC1. The molecule has 0 saturated heterocycles. The molecule has 0 radical (unpaired) electrons. The Morgan fingerprint density at radius 1 is 1.67 bits per heavy atom. The van der Waals surface area contributed by atoms with Gasteiger partial charge in [0, 0.05) is 6.54 Å². The number of nitrogens with two attached hydrogens (primary N) is 1. The summed E-state index contributed by atoms with van der Waals surface area (Å²) in [7, 11) is 0. The zero-order valence-electron chi connectivity index (χ0n) is 7.89. The lowest BCUT2D eigenvalue weighted by Gasteiger charge is -2.21. The van der Waals surface area contributed by atoms with Crippen molar-refractivity contribution in [3.05, 3.63) is 0 Å². The average Bonchev–Trinajstić information content (AvgIpc) is 2.83. The molecule has 0 bridgehead atoms. The van der Waals surface area contributed by atoms with Gasteiger partial charge >= 0.3 is 0 Å². The van der Waals surface area contributed by atoms with Crippen molar-refractivity contribution < 1.29 is 4.79 Å². The van der Waals surface area contributed by atoms with Gasteiger partial charge in [0.05, 0.1) is 5.54 Å². The number of nitrogens with one attached hydrogen (secondary N) is 1. The first kappa shape index (κ1) is 9.52. The number of rotatable bonds is 4. The van der Waals surface area contributed by atoms with Crippen molar-refractivity contribution in [3.8, 4) is 0 Å². The van der Waals surface area contributed by atoms with Crippen LogP contribution in [-0.4, -0.2) is 18.0 Å². The highest BCUT2D eigenvalue weighted by molar-refractivity contribution is 5.85. The van der Waals surface area contributed by atoms with Gasteiger partial charge in [-0.05, 0) is 32.1 Å². The molecule has 3 N–H and O–H groups in total. The van der Waals surface area contributed by atoms with Crippen molar-refractivity contribution in [2.45, 2.75) is 38.6 Å². The van der Waals surface area contributed by atoms with E-state index in [4.69, 9.17) is 5.73 Å². The van der Waals surface area contributed by atoms with Gasteiger partial charge < -0.3 is 11.1 Å². The Labute approximate surface area is 73.7 Å². The van der Waals surface area contributed by atoms with Gasteiger partial charge in [0.1, 0.15) is 0 Å². The normalized spacial score (nSPS) is 21.6. The van der Waals surface area contributed by atoms with Crippen molar-refractivity contribution in [1.29, 1.82) is 0 Å². The molecule has 1 amide bonds. The molecular formula is C9H18N2O. The Bertz CT molecular complexity index is 173. The highest BCUT2D eigenvalue weighted by Crippen LogP contribution is 2.27. The fourth-order valence-electron chi connectivity index (χ4n) is 0.921. The van der Waals surface area contributed by atoms with Crippen LogP contribution >= 0.6 is 0 Å². The van der Waals surface area contributed by atoms with Crippen LogP contribution in [0.2, 0.25) is 0 Å². The molecule has 3 heteroatoms. The molecule has 1 aliphatic rings. The van der Waals surface area contributed by atoms with Gasteiger partial charge in [-0.15, -0.1) is 0 Å². The monoisotopic (exact) mass is 170 g/mol. The standard InChI is InChI=1S/C9H18N2O/c1-3-9(2,10)8(12)11-6-7-4-5-7/h7H,3-6,10H2,1-2H3,(H,11,12). The van der Waals surface area contributed by atoms with E-state index in [1.807, 2.05) is 6.92 Å². The predicted octanol–water partition coefficient (Wildman–Crippen LogP) is 0.640. The summed E-state index contributed by atoms with van der Waals surface area (Å²) in [5.41, 5.74) is 5.07. The fraction of sp³-hybridized carbons (Fsp3) is 0.889. The van der Waals surface area contributed by atoms with Crippen LogP contribution in [0.1, 0.15) is 33.1 Å². The summed E-state index contributed by atoms with van der Waals surface area (Å²) < 4.78 is 0. The number of carbonyl (C=O) groups excluding carboxylic acids is 1. The summed E-state index contributed by atoms with van der Waals surface area (Å²) in [6.07, 6.45) is 3.20. The second kappa shape index (κ2) is 3.44. The first-order valence-corrected chi connectivity index (χ1v) is 4.63. The minimum absolute atomic E-state index is 0.0168. The van der Waals surface area contributed by atoms with E-state index in [1.54, 1.807) is 6.92 Å². The first-order chi connectivity index (χ1) is 5.56. The van der Waals surface area contributed by atoms with Gasteiger partial charge in [-0.3, -0.25) is 4.79 Å². The summed E-state index contributed by atoms with van der Waals surface area (Å²) in [6.45, 7) is 4.51. The predicted molar refractivity (Wildman–Crippen MR) is 48.6 cm³/mol. The minimum Gasteiger partial charge on any atom is -0.354 e. The van der Waals surface area contributed by atoms with Crippen molar-refractivity contribution in [1.82, 2.24) is 5.32 Å². The Balaban J connectivity index is 2.25. The molecule has 0 aliphatic heterocycles. The highest BCUT2D eigenvalue weighted by atomic mass is 16.2. The van der Waals surface area contributed by atoms with Crippen LogP contribution in [0.5, 0.6) is 0 Å². The molecule has 1 aliphatic carbocycles. The van der Waals surface area contributed by atoms with Crippen molar-refractivity contribution >= 4 is 5.91 Å². The van der Waals surface area contributed by atoms with Gasteiger partial charge in [0.15, 0.2) is 0 Å². The van der Waals surface area contributed by atoms with E-state index in [1.165, 1.54) is 12.8 Å². The summed E-state index contributed by atoms with van der Waals surface area (Å²) in [5, 5.41) is 2.87.